The molecule has 1 N–H and O–H groups in total. The molecule has 150 valence electrons. The fourth-order valence-corrected chi connectivity index (χ4v) is 3.93. The van der Waals surface area contributed by atoms with Gasteiger partial charge in [0.05, 0.1) is 14.2 Å². The molecule has 0 amide bonds. The Labute approximate surface area is 170 Å². The van der Waals surface area contributed by atoms with Crippen molar-refractivity contribution in [3.8, 4) is 11.5 Å². The van der Waals surface area contributed by atoms with E-state index in [4.69, 9.17) is 9.47 Å². The van der Waals surface area contributed by atoms with E-state index in [9.17, 15) is 4.79 Å². The molecule has 0 saturated carbocycles. The van der Waals surface area contributed by atoms with Gasteiger partial charge in [-0.25, -0.2) is 9.97 Å². The second-order valence-corrected chi connectivity index (χ2v) is 7.41. The van der Waals surface area contributed by atoms with Crippen molar-refractivity contribution < 1.29 is 9.47 Å². The molecule has 0 aliphatic carbocycles. The van der Waals surface area contributed by atoms with Gasteiger partial charge in [0.25, 0.3) is 5.56 Å². The van der Waals surface area contributed by atoms with Gasteiger partial charge >= 0.3 is 0 Å². The monoisotopic (exact) mass is 412 g/mol. The predicted octanol–water partition coefficient (Wildman–Crippen LogP) is 2.41. The minimum atomic E-state index is -0.351. The van der Waals surface area contributed by atoms with E-state index >= 15 is 0 Å². The molecule has 29 heavy (non-hydrogen) atoms. The number of imidazole rings is 1. The zero-order chi connectivity index (χ0) is 20.5. The molecule has 10 heteroatoms. The minimum absolute atomic E-state index is 0.214. The number of methoxy groups -OCH3 is 2. The molecular weight excluding hydrogens is 392 g/mol. The molecular formula is C19H20N6O3S. The lowest BCUT2D eigenvalue weighted by atomic mass is 10.1. The van der Waals surface area contributed by atoms with E-state index in [-0.39, 0.29) is 11.6 Å². The lowest BCUT2D eigenvalue weighted by molar-refractivity contribution is 0.393. The highest BCUT2D eigenvalue weighted by Gasteiger charge is 2.22. The Bertz CT molecular complexity index is 1210. The molecule has 1 aromatic carbocycles. The zero-order valence-electron chi connectivity index (χ0n) is 16.4. The Kier molecular flexibility index (Phi) is 4.93. The number of rotatable bonds is 6. The van der Waals surface area contributed by atoms with Crippen molar-refractivity contribution in [1.29, 1.82) is 0 Å². The van der Waals surface area contributed by atoms with E-state index in [1.165, 1.54) is 21.9 Å². The Morgan fingerprint density at radius 1 is 1.14 bits per heavy atom. The van der Waals surface area contributed by atoms with E-state index in [2.05, 4.69) is 20.4 Å². The molecule has 1 atom stereocenters. The van der Waals surface area contributed by atoms with Gasteiger partial charge in [0.15, 0.2) is 0 Å². The fraction of sp³-hybridized carbons (Fsp3) is 0.263. The maximum atomic E-state index is 12.2. The Hall–Kier alpha value is -3.40. The Morgan fingerprint density at radius 3 is 2.48 bits per heavy atom. The van der Waals surface area contributed by atoms with Crippen molar-refractivity contribution in [1.82, 2.24) is 24.1 Å². The molecule has 3 heterocycles. The first-order valence-electron chi connectivity index (χ1n) is 8.82. The van der Waals surface area contributed by atoms with Gasteiger partial charge in [-0.05, 0) is 24.6 Å². The number of fused-ring (bicyclic) bond motifs is 1. The SMILES string of the molecule is COc1cc(OC)cc([C@H](Nc2nn3c(=O)cc(C)nc3s2)c2nccn2C)c1. The van der Waals surface area contributed by atoms with E-state index in [0.717, 1.165) is 11.4 Å². The number of aromatic nitrogens is 5. The standard InChI is InChI=1S/C19H20N6O3S/c1-11-7-15(26)25-19(21-11)29-18(23-25)22-16(17-20-5-6-24(17)2)12-8-13(27-3)10-14(9-12)28-4/h5-10,16H,1-4H3,(H,22,23)/t16-/m0/s1. The first-order chi connectivity index (χ1) is 14.0. The average Bonchev–Trinajstić information content (AvgIpc) is 3.31. The number of ether oxygens (including phenoxy) is 2. The molecule has 4 rings (SSSR count). The molecule has 0 saturated heterocycles. The van der Waals surface area contributed by atoms with Crippen molar-refractivity contribution in [2.75, 3.05) is 19.5 Å². The second kappa shape index (κ2) is 7.55. The van der Waals surface area contributed by atoms with Crippen molar-refractivity contribution in [3.05, 3.63) is 64.1 Å². The summed E-state index contributed by atoms with van der Waals surface area (Å²) in [4.78, 5) is 21.6. The van der Waals surface area contributed by atoms with Gasteiger partial charge < -0.3 is 19.4 Å². The molecule has 4 aromatic rings. The number of nitrogens with zero attached hydrogens (tertiary/aromatic N) is 5. The molecule has 0 bridgehead atoms. The summed E-state index contributed by atoms with van der Waals surface area (Å²) >= 11 is 1.30. The highest BCUT2D eigenvalue weighted by Crippen LogP contribution is 2.32. The molecule has 9 nitrogen and oxygen atoms in total. The van der Waals surface area contributed by atoms with E-state index in [1.54, 1.807) is 27.3 Å². The Balaban J connectivity index is 1.82. The third-order valence-corrected chi connectivity index (χ3v) is 5.30. The van der Waals surface area contributed by atoms with Crippen molar-refractivity contribution >= 4 is 21.4 Å². The van der Waals surface area contributed by atoms with Crippen LogP contribution >= 0.6 is 11.3 Å². The molecule has 0 fully saturated rings. The molecule has 0 unspecified atom stereocenters. The summed E-state index contributed by atoms with van der Waals surface area (Å²) in [6, 6.07) is 6.74. The smallest absolute Gasteiger partial charge is 0.275 e. The van der Waals surface area contributed by atoms with Gasteiger partial charge in [-0.2, -0.15) is 4.52 Å². The van der Waals surface area contributed by atoms with E-state index in [1.807, 2.05) is 36.0 Å². The maximum Gasteiger partial charge on any atom is 0.275 e. The number of anilines is 1. The van der Waals surface area contributed by atoms with Crippen LogP contribution in [0.1, 0.15) is 23.1 Å². The first kappa shape index (κ1) is 18.9. The van der Waals surface area contributed by atoms with Crippen LogP contribution in [0.3, 0.4) is 0 Å². The number of hydrogen-bond acceptors (Lipinski definition) is 8. The van der Waals surface area contributed by atoms with Crippen LogP contribution < -0.4 is 20.3 Å². The van der Waals surface area contributed by atoms with E-state index < -0.39 is 0 Å². The topological polar surface area (TPSA) is 95.6 Å². The summed E-state index contributed by atoms with van der Waals surface area (Å²) in [7, 11) is 5.13. The first-order valence-corrected chi connectivity index (χ1v) is 9.64. The number of hydrogen-bond donors (Lipinski definition) is 1. The van der Waals surface area contributed by atoms with Crippen LogP contribution in [0.5, 0.6) is 11.5 Å². The highest BCUT2D eigenvalue weighted by molar-refractivity contribution is 7.20. The lowest BCUT2D eigenvalue weighted by Gasteiger charge is -2.19. The summed E-state index contributed by atoms with van der Waals surface area (Å²) in [6.45, 7) is 1.79. The molecule has 0 aliphatic rings. The van der Waals surface area contributed by atoms with Crippen LogP contribution in [-0.2, 0) is 7.05 Å². The summed E-state index contributed by atoms with van der Waals surface area (Å²) in [5.74, 6) is 2.10. The van der Waals surface area contributed by atoms with Crippen LogP contribution in [0.15, 0.2) is 41.5 Å². The predicted molar refractivity (Wildman–Crippen MR) is 110 cm³/mol. The van der Waals surface area contributed by atoms with Gasteiger partial charge in [-0.15, -0.1) is 5.10 Å². The zero-order valence-corrected chi connectivity index (χ0v) is 17.2. The second-order valence-electron chi connectivity index (χ2n) is 6.46. The van der Waals surface area contributed by atoms with Crippen molar-refractivity contribution in [2.45, 2.75) is 13.0 Å². The van der Waals surface area contributed by atoms with Crippen LogP contribution in [-0.4, -0.2) is 38.4 Å². The van der Waals surface area contributed by atoms with Gasteiger partial charge in [0, 0.05) is 37.3 Å². The number of aryl methyl sites for hydroxylation is 2. The maximum absolute atomic E-state index is 12.2. The molecule has 0 spiro atoms. The van der Waals surface area contributed by atoms with Crippen LogP contribution in [0.2, 0.25) is 0 Å². The lowest BCUT2D eigenvalue weighted by Crippen LogP contribution is -2.18. The van der Waals surface area contributed by atoms with Crippen LogP contribution in [0, 0.1) is 6.92 Å². The van der Waals surface area contributed by atoms with Crippen molar-refractivity contribution in [2.24, 2.45) is 7.05 Å². The summed E-state index contributed by atoms with van der Waals surface area (Å²) in [5, 5.41) is 8.33. The summed E-state index contributed by atoms with van der Waals surface area (Å²) in [6.07, 6.45) is 3.60. The number of nitrogens with one attached hydrogen (secondary N) is 1. The molecule has 3 aromatic heterocycles. The van der Waals surface area contributed by atoms with Gasteiger partial charge in [0.1, 0.15) is 23.4 Å². The van der Waals surface area contributed by atoms with Crippen LogP contribution in [0.25, 0.3) is 4.96 Å². The molecule has 0 aliphatic heterocycles. The minimum Gasteiger partial charge on any atom is -0.497 e. The third-order valence-electron chi connectivity index (χ3n) is 4.46. The normalized spacial score (nSPS) is 12.1. The highest BCUT2D eigenvalue weighted by atomic mass is 32.1. The third kappa shape index (κ3) is 3.66. The molecule has 0 radical (unpaired) electrons. The number of benzene rings is 1. The van der Waals surface area contributed by atoms with Gasteiger partial charge in [-0.3, -0.25) is 4.79 Å². The Morgan fingerprint density at radius 2 is 1.86 bits per heavy atom. The van der Waals surface area contributed by atoms with Crippen molar-refractivity contribution in [3.63, 3.8) is 0 Å². The average molecular weight is 412 g/mol. The van der Waals surface area contributed by atoms with E-state index in [0.29, 0.717) is 27.3 Å². The summed E-state index contributed by atoms with van der Waals surface area (Å²) in [5.41, 5.74) is 1.32. The van der Waals surface area contributed by atoms with Gasteiger partial charge in [0.2, 0.25) is 10.1 Å². The fourth-order valence-electron chi connectivity index (χ4n) is 3.05. The quantitative estimate of drug-likeness (QED) is 0.520. The van der Waals surface area contributed by atoms with Gasteiger partial charge in [-0.1, -0.05) is 11.3 Å². The largest absolute Gasteiger partial charge is 0.497 e. The summed E-state index contributed by atoms with van der Waals surface area (Å²) < 4.78 is 14.1. The van der Waals surface area contributed by atoms with Crippen LogP contribution in [0.4, 0.5) is 5.13 Å².